The van der Waals surface area contributed by atoms with Gasteiger partial charge >= 0.3 is 6.09 Å². The Morgan fingerprint density at radius 1 is 0.952 bits per heavy atom. The predicted molar refractivity (Wildman–Crippen MR) is 88.4 cm³/mol. The van der Waals surface area contributed by atoms with Crippen molar-refractivity contribution in [2.24, 2.45) is 23.5 Å². The van der Waals surface area contributed by atoms with Crippen molar-refractivity contribution < 1.29 is 9.90 Å². The normalized spacial score (nSPS) is 26.7. The van der Waals surface area contributed by atoms with Gasteiger partial charge in [-0.25, -0.2) is 4.79 Å². The molecule has 0 atom stereocenters. The summed E-state index contributed by atoms with van der Waals surface area (Å²) in [5.74, 6) is 3.35. The van der Waals surface area contributed by atoms with Crippen molar-refractivity contribution in [2.45, 2.75) is 90.4 Å². The van der Waals surface area contributed by atoms with E-state index in [1.54, 1.807) is 38.5 Å². The maximum Gasteiger partial charge on any atom is 0.402 e. The number of carboxylic acid groups (broad SMARTS) is 1. The highest BCUT2D eigenvalue weighted by atomic mass is 16.4. The lowest BCUT2D eigenvalue weighted by molar-refractivity contribution is 0.162. The molecule has 1 amide bonds. The molecule has 3 heteroatoms. The first kappa shape index (κ1) is 18.3. The molecule has 124 valence electrons. The highest BCUT2D eigenvalue weighted by molar-refractivity contribution is 5.61. The third-order valence-electron chi connectivity index (χ3n) is 5.42. The molecule has 2 aliphatic rings. The van der Waals surface area contributed by atoms with Crippen LogP contribution in [0.5, 0.6) is 0 Å². The first-order chi connectivity index (χ1) is 10.1. The van der Waals surface area contributed by atoms with Gasteiger partial charge in [0.1, 0.15) is 0 Å². The molecule has 0 bridgehead atoms. The molecule has 3 N–H and O–H groups in total. The van der Waals surface area contributed by atoms with Crippen LogP contribution in [0.1, 0.15) is 90.4 Å². The van der Waals surface area contributed by atoms with Gasteiger partial charge in [-0.05, 0) is 30.6 Å². The minimum absolute atomic E-state index is 1.10. The Kier molecular flexibility index (Phi) is 9.53. The third kappa shape index (κ3) is 8.33. The third-order valence-corrected chi connectivity index (χ3v) is 5.42. The van der Waals surface area contributed by atoms with E-state index in [2.05, 4.69) is 12.7 Å². The Morgan fingerprint density at radius 2 is 1.48 bits per heavy atom. The lowest BCUT2D eigenvalue weighted by Crippen LogP contribution is -2.23. The minimum Gasteiger partial charge on any atom is -0.465 e. The van der Waals surface area contributed by atoms with E-state index in [1.165, 1.54) is 44.9 Å². The van der Waals surface area contributed by atoms with Gasteiger partial charge in [0.25, 0.3) is 0 Å². The van der Waals surface area contributed by atoms with Gasteiger partial charge in [-0.1, -0.05) is 77.6 Å². The van der Waals surface area contributed by atoms with Crippen molar-refractivity contribution in [1.82, 2.24) is 0 Å². The van der Waals surface area contributed by atoms with Crippen LogP contribution in [0.2, 0.25) is 0 Å². The fraction of sp³-hybridized carbons (Fsp3) is 0.944. The molecule has 2 saturated carbocycles. The summed E-state index contributed by atoms with van der Waals surface area (Å²) >= 11 is 0. The molecular formula is C18H35NO2. The molecule has 3 nitrogen and oxygen atoms in total. The van der Waals surface area contributed by atoms with Gasteiger partial charge in [0, 0.05) is 0 Å². The number of unbranched alkanes of at least 4 members (excludes halogenated alkanes) is 2. The molecule has 0 radical (unpaired) electrons. The average molecular weight is 297 g/mol. The van der Waals surface area contributed by atoms with Gasteiger partial charge in [-0.2, -0.15) is 0 Å². The zero-order valence-electron chi connectivity index (χ0n) is 13.9. The molecule has 0 aromatic carbocycles. The van der Waals surface area contributed by atoms with Crippen LogP contribution < -0.4 is 5.73 Å². The van der Waals surface area contributed by atoms with Crippen molar-refractivity contribution in [3.05, 3.63) is 0 Å². The monoisotopic (exact) mass is 297 g/mol. The Bertz CT molecular complexity index is 262. The summed E-state index contributed by atoms with van der Waals surface area (Å²) in [5, 5.41) is 7.19. The second-order valence-electron chi connectivity index (χ2n) is 7.01. The van der Waals surface area contributed by atoms with Crippen LogP contribution in [0.15, 0.2) is 0 Å². The number of rotatable bonds is 5. The summed E-state index contributed by atoms with van der Waals surface area (Å²) < 4.78 is 0. The summed E-state index contributed by atoms with van der Waals surface area (Å²) in [5.41, 5.74) is 4.03. The van der Waals surface area contributed by atoms with E-state index < -0.39 is 6.09 Å². The Hall–Kier alpha value is -0.730. The van der Waals surface area contributed by atoms with E-state index >= 15 is 0 Å². The van der Waals surface area contributed by atoms with E-state index in [0.717, 1.165) is 17.8 Å². The summed E-state index contributed by atoms with van der Waals surface area (Å²) in [7, 11) is 0. The molecule has 21 heavy (non-hydrogen) atoms. The van der Waals surface area contributed by atoms with Crippen molar-refractivity contribution in [1.29, 1.82) is 0 Å². The summed E-state index contributed by atoms with van der Waals surface area (Å²) in [4.78, 5) is 8.78. The minimum atomic E-state index is -1.33. The summed E-state index contributed by atoms with van der Waals surface area (Å²) in [6.07, 6.45) is 18.5. The molecule has 2 aliphatic carbocycles. The first-order valence-electron chi connectivity index (χ1n) is 9.11. The van der Waals surface area contributed by atoms with Crippen molar-refractivity contribution >= 4 is 6.09 Å². The fourth-order valence-corrected chi connectivity index (χ4v) is 4.24. The SMILES string of the molecule is CCCCCC1CCC(C2CCCCC2)CC1.NC(=O)O. The first-order valence-corrected chi connectivity index (χ1v) is 9.11. The number of amides is 1. The van der Waals surface area contributed by atoms with Gasteiger partial charge < -0.3 is 10.8 Å². The second kappa shape index (κ2) is 10.9. The number of carbonyl (C=O) groups is 1. The van der Waals surface area contributed by atoms with Gasteiger partial charge in [0.2, 0.25) is 0 Å². The predicted octanol–water partition coefficient (Wildman–Crippen LogP) is 5.58. The lowest BCUT2D eigenvalue weighted by atomic mass is 9.70. The maximum absolute atomic E-state index is 8.78. The standard InChI is InChI=1S/C17H32.CH3NO2/c1-2-3-5-8-15-11-13-17(14-12-15)16-9-6-4-7-10-16;2-1(3)4/h15-17H,2-14H2,1H3;2H2,(H,3,4). The number of nitrogens with two attached hydrogens (primary N) is 1. The molecule has 0 spiro atoms. The number of primary amides is 1. The summed E-state index contributed by atoms with van der Waals surface area (Å²) in [6, 6.07) is 0. The van der Waals surface area contributed by atoms with Gasteiger partial charge in [0.15, 0.2) is 0 Å². The van der Waals surface area contributed by atoms with E-state index in [0.29, 0.717) is 0 Å². The quantitative estimate of drug-likeness (QED) is 0.651. The smallest absolute Gasteiger partial charge is 0.402 e. The largest absolute Gasteiger partial charge is 0.465 e. The molecule has 0 aliphatic heterocycles. The highest BCUT2D eigenvalue weighted by Gasteiger charge is 2.28. The lowest BCUT2D eigenvalue weighted by Gasteiger charge is -2.36. The van der Waals surface area contributed by atoms with Crippen LogP contribution in [-0.2, 0) is 0 Å². The Morgan fingerprint density at radius 3 is 2.00 bits per heavy atom. The van der Waals surface area contributed by atoms with Crippen LogP contribution in [0.4, 0.5) is 4.79 Å². The van der Waals surface area contributed by atoms with E-state index in [1.807, 2.05) is 0 Å². The molecule has 0 heterocycles. The van der Waals surface area contributed by atoms with Crippen LogP contribution in [0, 0.1) is 17.8 Å². The van der Waals surface area contributed by atoms with Gasteiger partial charge in [0.05, 0.1) is 0 Å². The number of hydrogen-bond donors (Lipinski definition) is 2. The summed E-state index contributed by atoms with van der Waals surface area (Å²) in [6.45, 7) is 2.32. The molecule has 2 rings (SSSR count). The molecular weight excluding hydrogens is 262 g/mol. The molecule has 0 saturated heterocycles. The van der Waals surface area contributed by atoms with Gasteiger partial charge in [-0.3, -0.25) is 0 Å². The van der Waals surface area contributed by atoms with Crippen LogP contribution in [-0.4, -0.2) is 11.2 Å². The number of hydrogen-bond acceptors (Lipinski definition) is 1. The Balaban J connectivity index is 0.000000491. The van der Waals surface area contributed by atoms with Crippen molar-refractivity contribution in [3.63, 3.8) is 0 Å². The fourth-order valence-electron chi connectivity index (χ4n) is 4.24. The molecule has 0 unspecified atom stereocenters. The average Bonchev–Trinajstić information content (AvgIpc) is 2.49. The molecule has 2 fully saturated rings. The van der Waals surface area contributed by atoms with Crippen LogP contribution in [0.25, 0.3) is 0 Å². The van der Waals surface area contributed by atoms with E-state index in [-0.39, 0.29) is 0 Å². The van der Waals surface area contributed by atoms with Crippen LogP contribution >= 0.6 is 0 Å². The zero-order chi connectivity index (χ0) is 15.5. The van der Waals surface area contributed by atoms with Crippen molar-refractivity contribution in [3.8, 4) is 0 Å². The molecule has 0 aromatic heterocycles. The second-order valence-corrected chi connectivity index (χ2v) is 7.01. The zero-order valence-corrected chi connectivity index (χ0v) is 13.9. The van der Waals surface area contributed by atoms with Gasteiger partial charge in [-0.15, -0.1) is 0 Å². The maximum atomic E-state index is 8.78. The molecule has 0 aromatic rings. The van der Waals surface area contributed by atoms with E-state index in [9.17, 15) is 0 Å². The van der Waals surface area contributed by atoms with E-state index in [4.69, 9.17) is 9.90 Å². The topological polar surface area (TPSA) is 63.3 Å². The highest BCUT2D eigenvalue weighted by Crippen LogP contribution is 2.40. The van der Waals surface area contributed by atoms with Crippen LogP contribution in [0.3, 0.4) is 0 Å². The van der Waals surface area contributed by atoms with Crippen molar-refractivity contribution in [2.75, 3.05) is 0 Å². The Labute approximate surface area is 130 Å².